The lowest BCUT2D eigenvalue weighted by atomic mass is 10.5. The quantitative estimate of drug-likeness (QED) is 0.131. The molecule has 0 aliphatic rings. The Bertz CT molecular complexity index is 1900. The Morgan fingerprint density at radius 3 is 1.19 bits per heavy atom. The first-order valence-electron chi connectivity index (χ1n) is 12.8. The van der Waals surface area contributed by atoms with Crippen molar-refractivity contribution >= 4 is 112 Å². The van der Waals surface area contributed by atoms with Gasteiger partial charge in [-0.1, -0.05) is 0 Å². The van der Waals surface area contributed by atoms with Crippen LogP contribution in [0.3, 0.4) is 0 Å². The second-order valence-electron chi connectivity index (χ2n) is 9.21. The number of hydrogen-bond acceptors (Lipinski definition) is 6. The summed E-state index contributed by atoms with van der Waals surface area (Å²) in [5, 5.41) is 0. The van der Waals surface area contributed by atoms with Gasteiger partial charge in [0.2, 0.25) is 6.33 Å². The normalized spacial score (nSPS) is 8.89. The van der Waals surface area contributed by atoms with Gasteiger partial charge in [-0.05, 0) is 43.6 Å². The lowest BCUT2D eigenvalue weighted by Crippen LogP contribution is -3.00. The number of nitrogens with zero attached hydrogens (tertiary/aromatic N) is 10. The van der Waals surface area contributed by atoms with Crippen molar-refractivity contribution in [3.63, 3.8) is 0 Å². The van der Waals surface area contributed by atoms with Gasteiger partial charge in [0.05, 0.1) is 20.4 Å². The molecule has 0 amide bonds. The molecule has 0 N–H and O–H groups in total. The molecule has 0 aliphatic carbocycles. The molecule has 0 atom stereocenters. The summed E-state index contributed by atoms with van der Waals surface area (Å²) in [5.41, 5.74) is 1.20. The van der Waals surface area contributed by atoms with Crippen LogP contribution < -0.4 is 28.5 Å². The molecule has 0 fully saturated rings. The maximum Gasteiger partial charge on any atom is 0.243 e. The van der Waals surface area contributed by atoms with Crippen LogP contribution in [-0.2, 0) is 139 Å². The van der Waals surface area contributed by atoms with Crippen molar-refractivity contribution in [2.24, 2.45) is 63.4 Å². The fourth-order valence-corrected chi connectivity index (χ4v) is 14.3. The van der Waals surface area contributed by atoms with E-state index < -0.39 is 0 Å². The first-order chi connectivity index (χ1) is 21.7. The predicted molar refractivity (Wildman–Crippen MR) is 219 cm³/mol. The van der Waals surface area contributed by atoms with Crippen molar-refractivity contribution < 1.29 is 28.5 Å². The molecule has 264 valence electrons. The highest BCUT2D eigenvalue weighted by atomic mass is 127. The molecule has 22 heteroatoms. The summed E-state index contributed by atoms with van der Waals surface area (Å²) in [7, 11) is 26.7. The Balaban J connectivity index is 0. The van der Waals surface area contributed by atoms with E-state index in [2.05, 4.69) is 27.4 Å². The third-order valence-electron chi connectivity index (χ3n) is 5.41. The van der Waals surface area contributed by atoms with Crippen LogP contribution in [0, 0.1) is 21.2 Å². The van der Waals surface area contributed by atoms with E-state index in [0.717, 1.165) is 14.3 Å². The zero-order chi connectivity index (χ0) is 35.2. The lowest BCUT2D eigenvalue weighted by Gasteiger charge is -1.90. The number of halogens is 1. The number of rotatable bonds is 0. The zero-order valence-electron chi connectivity index (χ0n) is 27.7. The average molecular weight is 961 g/mol. The second-order valence-corrected chi connectivity index (χ2v) is 20.9. The molecule has 0 bridgehead atoms. The van der Waals surface area contributed by atoms with Gasteiger partial charge in [-0.2, -0.15) is 0 Å². The largest absolute Gasteiger partial charge is 1.00 e. The molecule has 0 radical (unpaired) electrons. The van der Waals surface area contributed by atoms with Crippen molar-refractivity contribution in [3.05, 3.63) is 88.4 Å². The third-order valence-corrected chi connectivity index (χ3v) is 18.2. The number of hydrogen-bond donors (Lipinski definition) is 0. The molecule has 0 unspecified atom stereocenters. The maximum absolute atomic E-state index is 5.04. The lowest BCUT2D eigenvalue weighted by molar-refractivity contribution is -0.670. The van der Waals surface area contributed by atoms with Gasteiger partial charge in [0.1, 0.15) is 12.4 Å². The van der Waals surface area contributed by atoms with Gasteiger partial charge in [0, 0.05) is 174 Å². The zero-order valence-corrected chi connectivity index (χ0v) is 38.8. The van der Waals surface area contributed by atoms with Crippen LogP contribution in [0.4, 0.5) is 0 Å². The summed E-state index contributed by atoms with van der Waals surface area (Å²) in [5.74, 6) is 0. The van der Waals surface area contributed by atoms with Crippen LogP contribution in [0.2, 0.25) is 0 Å². The van der Waals surface area contributed by atoms with Crippen LogP contribution in [-0.4, -0.2) is 41.5 Å². The highest BCUT2D eigenvalue weighted by Gasteiger charge is 1.94. The SMILES string of the molecule is Cc1cn(C)c(=S)n1C.Cn1cc[n+](C)c1.Cn1ccn(C)c1=S.Cn1ccn(C)c1=S.Cn1ccnc1.S=S=S=S=S=S=S=S.[I-]. The van der Waals surface area contributed by atoms with Crippen molar-refractivity contribution in [2.45, 2.75) is 6.92 Å². The van der Waals surface area contributed by atoms with Crippen LogP contribution in [0.15, 0.2) is 68.4 Å². The fraction of sp³-hybridized carbons (Fsp3) is 0.400. The van der Waals surface area contributed by atoms with Crippen LogP contribution >= 0.6 is 36.7 Å². The molecular weight excluding hydrogens is 920 g/mol. The van der Waals surface area contributed by atoms with Crippen molar-refractivity contribution in [1.82, 2.24) is 41.5 Å². The van der Waals surface area contributed by atoms with Crippen molar-refractivity contribution in [3.8, 4) is 0 Å². The molecule has 47 heavy (non-hydrogen) atoms. The number of aryl methyl sites for hydroxylation is 9. The number of aromatic nitrogens is 10. The summed E-state index contributed by atoms with van der Waals surface area (Å²) in [6.07, 6.45) is 21.1. The molecule has 10 nitrogen and oxygen atoms in total. The minimum absolute atomic E-state index is 0. The average Bonchev–Trinajstić information content (AvgIpc) is 3.84. The van der Waals surface area contributed by atoms with E-state index in [1.807, 2.05) is 167 Å². The topological polar surface area (TPSA) is 56.2 Å². The molecule has 0 aliphatic heterocycles. The summed E-state index contributed by atoms with van der Waals surface area (Å²) in [6, 6.07) is 0. The van der Waals surface area contributed by atoms with E-state index in [1.54, 1.807) is 48.0 Å². The summed E-state index contributed by atoms with van der Waals surface area (Å²) >= 11 is 24.2. The number of imidazole rings is 5. The Kier molecular flexibility index (Phi) is 28.7. The van der Waals surface area contributed by atoms with E-state index in [0.29, 0.717) is 0 Å². The molecule has 5 rings (SSSR count). The first kappa shape index (κ1) is 48.3. The van der Waals surface area contributed by atoms with Gasteiger partial charge < -0.3 is 55.9 Å². The Labute approximate surface area is 337 Å². The van der Waals surface area contributed by atoms with E-state index in [4.69, 9.17) is 36.7 Å². The van der Waals surface area contributed by atoms with Crippen LogP contribution in [0.5, 0.6) is 0 Å². The van der Waals surface area contributed by atoms with Gasteiger partial charge >= 0.3 is 0 Å². The summed E-state index contributed by atoms with van der Waals surface area (Å²) in [6.45, 7) is 2.04. The molecular formula is C25H41IN10S11. The Morgan fingerprint density at radius 2 is 1.06 bits per heavy atom. The Hall–Kier alpha value is -0.800. The van der Waals surface area contributed by atoms with Gasteiger partial charge in [0.15, 0.2) is 14.3 Å². The second kappa shape index (κ2) is 28.0. The van der Waals surface area contributed by atoms with Gasteiger partial charge in [-0.25, -0.2) is 14.1 Å². The van der Waals surface area contributed by atoms with E-state index in [1.165, 1.54) is 23.5 Å². The smallest absolute Gasteiger partial charge is 0.243 e. The molecule has 0 spiro atoms. The minimum atomic E-state index is 0. The molecule has 5 heterocycles. The summed E-state index contributed by atoms with van der Waals surface area (Å²) in [4.78, 5) is 3.78. The van der Waals surface area contributed by atoms with Gasteiger partial charge in [0.25, 0.3) is 0 Å². The van der Waals surface area contributed by atoms with Gasteiger partial charge in [-0.15, -0.1) is 0 Å². The standard InChI is InChI=1S/C6H10N2S.2C5H8N2S.C5H9N2.C4H6N2.HI.S8/c1-5-4-7(2)6(9)8(5)3;2*1-6-3-4-7(2)5(6)8;1-6-3-4-7(2)5-6;1-6-3-2-5-4-6;;1-3-5-7-8-6-4-2/h4H,1-3H3;2*3-4H,1-2H3;3-5H,1-2H3;2-4H,1H3;1H;/q;;;+1;;;/p-1. The van der Waals surface area contributed by atoms with Crippen molar-refractivity contribution in [2.75, 3.05) is 0 Å². The minimum Gasteiger partial charge on any atom is -1.00 e. The maximum atomic E-state index is 5.04. The predicted octanol–water partition coefficient (Wildman–Crippen LogP) is 0.842. The van der Waals surface area contributed by atoms with Crippen molar-refractivity contribution in [1.29, 1.82) is 0 Å². The van der Waals surface area contributed by atoms with Gasteiger partial charge in [-0.3, -0.25) is 0 Å². The first-order valence-corrected chi connectivity index (χ1v) is 23.4. The molecule has 5 aromatic heterocycles. The van der Waals surface area contributed by atoms with E-state index in [-0.39, 0.29) is 24.0 Å². The summed E-state index contributed by atoms with van der Waals surface area (Å²) < 4.78 is 20.0. The molecule has 0 saturated carbocycles. The fourth-order valence-electron chi connectivity index (χ4n) is 2.91. The van der Waals surface area contributed by atoms with Crippen LogP contribution in [0.25, 0.3) is 0 Å². The molecule has 0 aromatic carbocycles. The third kappa shape index (κ3) is 21.8. The molecule has 5 aromatic rings. The van der Waals surface area contributed by atoms with E-state index >= 15 is 0 Å². The van der Waals surface area contributed by atoms with E-state index in [9.17, 15) is 0 Å². The Morgan fingerprint density at radius 1 is 0.617 bits per heavy atom. The van der Waals surface area contributed by atoms with Crippen LogP contribution in [0.1, 0.15) is 5.69 Å². The molecule has 0 saturated heterocycles. The monoisotopic (exact) mass is 960 g/mol. The highest BCUT2D eigenvalue weighted by Crippen LogP contribution is 1.98. The highest BCUT2D eigenvalue weighted by molar-refractivity contribution is 8.70.